The van der Waals surface area contributed by atoms with Crippen molar-refractivity contribution >= 4 is 29.3 Å². The molecule has 0 spiro atoms. The van der Waals surface area contributed by atoms with Crippen molar-refractivity contribution in [3.63, 3.8) is 0 Å². The van der Waals surface area contributed by atoms with Crippen molar-refractivity contribution in [3.8, 4) is 0 Å². The third-order valence-electron chi connectivity index (χ3n) is 2.89. The lowest BCUT2D eigenvalue weighted by Gasteiger charge is -2.29. The van der Waals surface area contributed by atoms with Crippen molar-refractivity contribution in [2.75, 3.05) is 17.2 Å². The Morgan fingerprint density at radius 2 is 2.05 bits per heavy atom. The SMILES string of the molecule is CC(C)(C)NC(=O)CCN1C(=O)CSc2ccccc21. The first-order chi connectivity index (χ1) is 9.37. The maximum atomic E-state index is 12.0. The van der Waals surface area contributed by atoms with Crippen molar-refractivity contribution in [1.82, 2.24) is 5.32 Å². The molecule has 1 aromatic carbocycles. The molecule has 0 atom stereocenters. The van der Waals surface area contributed by atoms with Crippen molar-refractivity contribution in [1.29, 1.82) is 0 Å². The summed E-state index contributed by atoms with van der Waals surface area (Å²) in [5.41, 5.74) is 0.675. The van der Waals surface area contributed by atoms with Crippen LogP contribution in [0.25, 0.3) is 0 Å². The van der Waals surface area contributed by atoms with Crippen molar-refractivity contribution in [3.05, 3.63) is 24.3 Å². The topological polar surface area (TPSA) is 49.4 Å². The molecule has 4 nitrogen and oxygen atoms in total. The summed E-state index contributed by atoms with van der Waals surface area (Å²) in [6.07, 6.45) is 0.321. The lowest BCUT2D eigenvalue weighted by atomic mass is 10.1. The highest BCUT2D eigenvalue weighted by atomic mass is 32.2. The molecule has 1 aliphatic rings. The fourth-order valence-electron chi connectivity index (χ4n) is 2.09. The first kappa shape index (κ1) is 14.9. The van der Waals surface area contributed by atoms with Gasteiger partial charge in [0.25, 0.3) is 0 Å². The maximum Gasteiger partial charge on any atom is 0.237 e. The molecule has 0 radical (unpaired) electrons. The van der Waals surface area contributed by atoms with Crippen LogP contribution in [-0.2, 0) is 9.59 Å². The number of anilines is 1. The molecule has 0 aromatic heterocycles. The number of benzene rings is 1. The molecule has 0 bridgehead atoms. The summed E-state index contributed by atoms with van der Waals surface area (Å²) >= 11 is 1.55. The molecule has 0 unspecified atom stereocenters. The number of rotatable bonds is 3. The van der Waals surface area contributed by atoms with Gasteiger partial charge in [0.05, 0.1) is 11.4 Å². The van der Waals surface area contributed by atoms with E-state index in [4.69, 9.17) is 0 Å². The fourth-order valence-corrected chi connectivity index (χ4v) is 3.03. The predicted molar refractivity (Wildman–Crippen MR) is 82.0 cm³/mol. The van der Waals surface area contributed by atoms with Gasteiger partial charge in [-0.05, 0) is 32.9 Å². The van der Waals surface area contributed by atoms with Gasteiger partial charge in [0, 0.05) is 23.4 Å². The van der Waals surface area contributed by atoms with E-state index in [2.05, 4.69) is 5.32 Å². The molecule has 0 aliphatic carbocycles. The van der Waals surface area contributed by atoms with Gasteiger partial charge in [-0.2, -0.15) is 0 Å². The largest absolute Gasteiger partial charge is 0.351 e. The van der Waals surface area contributed by atoms with E-state index in [1.165, 1.54) is 0 Å². The zero-order valence-corrected chi connectivity index (χ0v) is 12.9. The van der Waals surface area contributed by atoms with Gasteiger partial charge < -0.3 is 10.2 Å². The highest BCUT2D eigenvalue weighted by molar-refractivity contribution is 8.00. The first-order valence-electron chi connectivity index (χ1n) is 6.70. The molecule has 0 saturated heterocycles. The van der Waals surface area contributed by atoms with Crippen LogP contribution in [-0.4, -0.2) is 29.7 Å². The Kier molecular flexibility index (Phi) is 4.38. The van der Waals surface area contributed by atoms with Gasteiger partial charge in [-0.3, -0.25) is 9.59 Å². The molecule has 5 heteroatoms. The van der Waals surface area contributed by atoms with Crippen molar-refractivity contribution in [2.45, 2.75) is 37.6 Å². The maximum absolute atomic E-state index is 12.0. The Morgan fingerprint density at radius 3 is 2.75 bits per heavy atom. The van der Waals surface area contributed by atoms with E-state index in [0.29, 0.717) is 18.7 Å². The lowest BCUT2D eigenvalue weighted by molar-refractivity contribution is -0.122. The Hall–Kier alpha value is -1.49. The van der Waals surface area contributed by atoms with Crippen LogP contribution in [0.2, 0.25) is 0 Å². The van der Waals surface area contributed by atoms with Gasteiger partial charge >= 0.3 is 0 Å². The average Bonchev–Trinajstić information content (AvgIpc) is 2.35. The summed E-state index contributed by atoms with van der Waals surface area (Å²) in [7, 11) is 0. The number of carbonyl (C=O) groups is 2. The molecular formula is C15H20N2O2S. The molecule has 1 aliphatic heterocycles. The van der Waals surface area contributed by atoms with Gasteiger partial charge in [-0.15, -0.1) is 11.8 Å². The fraction of sp³-hybridized carbons (Fsp3) is 0.467. The average molecular weight is 292 g/mol. The number of hydrogen-bond acceptors (Lipinski definition) is 3. The van der Waals surface area contributed by atoms with Crippen LogP contribution in [0.15, 0.2) is 29.2 Å². The number of nitrogens with one attached hydrogen (secondary N) is 1. The van der Waals surface area contributed by atoms with E-state index in [1.54, 1.807) is 16.7 Å². The summed E-state index contributed by atoms with van der Waals surface area (Å²) in [6, 6.07) is 7.82. The second kappa shape index (κ2) is 5.87. The summed E-state index contributed by atoms with van der Waals surface area (Å²) < 4.78 is 0. The van der Waals surface area contributed by atoms with Crippen LogP contribution in [0.1, 0.15) is 27.2 Å². The third kappa shape index (κ3) is 3.76. The monoisotopic (exact) mass is 292 g/mol. The van der Waals surface area contributed by atoms with Gasteiger partial charge in [0.1, 0.15) is 0 Å². The number of thioether (sulfide) groups is 1. The van der Waals surface area contributed by atoms with Crippen LogP contribution in [0.5, 0.6) is 0 Å². The highest BCUT2D eigenvalue weighted by Crippen LogP contribution is 2.34. The van der Waals surface area contributed by atoms with Crippen LogP contribution in [0.4, 0.5) is 5.69 Å². The zero-order valence-electron chi connectivity index (χ0n) is 12.1. The standard InChI is InChI=1S/C15H20N2O2S/c1-15(2,3)16-13(18)8-9-17-11-6-4-5-7-12(11)20-10-14(17)19/h4-7H,8-10H2,1-3H3,(H,16,18). The number of carbonyl (C=O) groups excluding carboxylic acids is 2. The second-order valence-electron chi connectivity index (χ2n) is 5.85. The van der Waals surface area contributed by atoms with Gasteiger partial charge in [0.2, 0.25) is 11.8 Å². The minimum Gasteiger partial charge on any atom is -0.351 e. The second-order valence-corrected chi connectivity index (χ2v) is 6.87. The zero-order chi connectivity index (χ0) is 14.8. The molecule has 20 heavy (non-hydrogen) atoms. The number of hydrogen-bond donors (Lipinski definition) is 1. The van der Waals surface area contributed by atoms with Crippen LogP contribution >= 0.6 is 11.8 Å². The molecular weight excluding hydrogens is 272 g/mol. The van der Waals surface area contributed by atoms with Crippen molar-refractivity contribution < 1.29 is 9.59 Å². The van der Waals surface area contributed by atoms with Crippen LogP contribution in [0, 0.1) is 0 Å². The molecule has 2 rings (SSSR count). The third-order valence-corrected chi connectivity index (χ3v) is 3.93. The summed E-state index contributed by atoms with van der Waals surface area (Å²) in [5, 5.41) is 2.92. The quantitative estimate of drug-likeness (QED) is 0.931. The molecule has 1 N–H and O–H groups in total. The Morgan fingerprint density at radius 1 is 1.35 bits per heavy atom. The minimum absolute atomic E-state index is 0.0268. The molecule has 0 fully saturated rings. The first-order valence-corrected chi connectivity index (χ1v) is 7.68. The number of fused-ring (bicyclic) bond motifs is 1. The summed E-state index contributed by atoms with van der Waals surface area (Å²) in [5.74, 6) is 0.482. The van der Waals surface area contributed by atoms with E-state index in [-0.39, 0.29) is 17.4 Å². The van der Waals surface area contributed by atoms with Gasteiger partial charge in [-0.25, -0.2) is 0 Å². The van der Waals surface area contributed by atoms with Crippen LogP contribution < -0.4 is 10.2 Å². The minimum atomic E-state index is -0.239. The molecule has 2 amide bonds. The Balaban J connectivity index is 2.02. The molecule has 0 saturated carbocycles. The van der Waals surface area contributed by atoms with E-state index < -0.39 is 0 Å². The predicted octanol–water partition coefficient (Wildman–Crippen LogP) is 2.43. The molecule has 1 aromatic rings. The highest BCUT2D eigenvalue weighted by Gasteiger charge is 2.25. The lowest BCUT2D eigenvalue weighted by Crippen LogP contribution is -2.43. The normalized spacial score (nSPS) is 14.9. The van der Waals surface area contributed by atoms with E-state index in [9.17, 15) is 9.59 Å². The van der Waals surface area contributed by atoms with Gasteiger partial charge in [0.15, 0.2) is 0 Å². The smallest absolute Gasteiger partial charge is 0.237 e. The summed E-state index contributed by atoms with van der Waals surface area (Å²) in [4.78, 5) is 26.7. The van der Waals surface area contributed by atoms with Gasteiger partial charge in [-0.1, -0.05) is 12.1 Å². The van der Waals surface area contributed by atoms with E-state index in [0.717, 1.165) is 10.6 Å². The molecule has 108 valence electrons. The number of amides is 2. The summed E-state index contributed by atoms with van der Waals surface area (Å²) in [6.45, 7) is 6.27. The molecule has 1 heterocycles. The Labute approximate surface area is 123 Å². The van der Waals surface area contributed by atoms with Crippen LogP contribution in [0.3, 0.4) is 0 Å². The Bertz CT molecular complexity index is 523. The number of para-hydroxylation sites is 1. The van der Waals surface area contributed by atoms with E-state index in [1.807, 2.05) is 45.0 Å². The number of nitrogens with zero attached hydrogens (tertiary/aromatic N) is 1. The van der Waals surface area contributed by atoms with E-state index >= 15 is 0 Å². The van der Waals surface area contributed by atoms with Crippen molar-refractivity contribution in [2.24, 2.45) is 0 Å².